The molecule has 0 saturated heterocycles. The number of amides is 3. The second-order valence-corrected chi connectivity index (χ2v) is 6.38. The lowest BCUT2D eigenvalue weighted by Crippen LogP contribution is -2.57. The van der Waals surface area contributed by atoms with Crippen LogP contribution in [0.2, 0.25) is 0 Å². The Kier molecular flexibility index (Phi) is 12.1. The zero-order chi connectivity index (χ0) is 22.6. The third-order valence-electron chi connectivity index (χ3n) is 3.80. The van der Waals surface area contributed by atoms with E-state index in [1.54, 1.807) is 0 Å². The SMILES string of the molecule is CC(N)C(=O)NC(CCCCN)C(=O)NC(CC(=O)O)C(=O)NC(CO)C(=O)O. The van der Waals surface area contributed by atoms with Gasteiger partial charge in [-0.1, -0.05) is 0 Å². The Hall–Kier alpha value is -2.77. The predicted octanol–water partition coefficient (Wildman–Crippen LogP) is -3.53. The number of carbonyl (C=O) groups excluding carboxylic acids is 3. The Labute approximate surface area is 167 Å². The maximum atomic E-state index is 12.5. The Morgan fingerprint density at radius 1 is 0.862 bits per heavy atom. The normalized spacial score (nSPS) is 14.8. The van der Waals surface area contributed by atoms with Crippen molar-refractivity contribution < 1.29 is 39.3 Å². The van der Waals surface area contributed by atoms with Crippen LogP contribution < -0.4 is 27.4 Å². The van der Waals surface area contributed by atoms with E-state index in [4.69, 9.17) is 26.8 Å². The van der Waals surface area contributed by atoms with Crippen LogP contribution in [0.5, 0.6) is 0 Å². The van der Waals surface area contributed by atoms with Crippen molar-refractivity contribution in [2.24, 2.45) is 11.5 Å². The quantitative estimate of drug-likeness (QED) is 0.129. The van der Waals surface area contributed by atoms with Crippen LogP contribution in [0.3, 0.4) is 0 Å². The molecular weight excluding hydrogens is 390 g/mol. The molecule has 166 valence electrons. The van der Waals surface area contributed by atoms with E-state index in [0.29, 0.717) is 19.4 Å². The molecule has 13 nitrogen and oxygen atoms in total. The summed E-state index contributed by atoms with van der Waals surface area (Å²) in [7, 11) is 0. The summed E-state index contributed by atoms with van der Waals surface area (Å²) in [6.45, 7) is 0.837. The number of aliphatic hydroxyl groups excluding tert-OH is 1. The number of carboxylic acids is 2. The van der Waals surface area contributed by atoms with Gasteiger partial charge in [0.2, 0.25) is 17.7 Å². The molecular formula is C16H29N5O8. The van der Waals surface area contributed by atoms with Crippen LogP contribution in [0.25, 0.3) is 0 Å². The molecule has 0 bridgehead atoms. The third-order valence-corrected chi connectivity index (χ3v) is 3.80. The van der Waals surface area contributed by atoms with Crippen molar-refractivity contribution in [2.75, 3.05) is 13.2 Å². The van der Waals surface area contributed by atoms with E-state index in [9.17, 15) is 24.0 Å². The van der Waals surface area contributed by atoms with Crippen LogP contribution in [-0.4, -0.2) is 82.3 Å². The van der Waals surface area contributed by atoms with E-state index in [0.717, 1.165) is 0 Å². The number of carbonyl (C=O) groups is 5. The molecule has 0 saturated carbocycles. The van der Waals surface area contributed by atoms with Gasteiger partial charge in [-0.05, 0) is 32.7 Å². The van der Waals surface area contributed by atoms with Crippen molar-refractivity contribution >= 4 is 29.7 Å². The Morgan fingerprint density at radius 2 is 1.38 bits per heavy atom. The first-order chi connectivity index (χ1) is 13.5. The van der Waals surface area contributed by atoms with E-state index in [1.807, 2.05) is 5.32 Å². The average molecular weight is 419 g/mol. The first kappa shape index (κ1) is 26.2. The van der Waals surface area contributed by atoms with E-state index < -0.39 is 66.9 Å². The first-order valence-corrected chi connectivity index (χ1v) is 8.95. The molecule has 29 heavy (non-hydrogen) atoms. The molecule has 0 aromatic carbocycles. The number of aliphatic hydroxyl groups is 1. The van der Waals surface area contributed by atoms with Gasteiger partial charge in [0.25, 0.3) is 0 Å². The summed E-state index contributed by atoms with van der Waals surface area (Å²) in [5.41, 5.74) is 10.9. The van der Waals surface area contributed by atoms with Gasteiger partial charge >= 0.3 is 11.9 Å². The maximum absolute atomic E-state index is 12.5. The average Bonchev–Trinajstić information content (AvgIpc) is 2.63. The Bertz CT molecular complexity index is 598. The molecule has 13 heteroatoms. The lowest BCUT2D eigenvalue weighted by atomic mass is 10.1. The summed E-state index contributed by atoms with van der Waals surface area (Å²) in [6.07, 6.45) is 0.353. The van der Waals surface area contributed by atoms with Crippen molar-refractivity contribution in [1.29, 1.82) is 0 Å². The molecule has 4 unspecified atom stereocenters. The molecule has 0 aromatic rings. The number of aliphatic carboxylic acids is 2. The van der Waals surface area contributed by atoms with Gasteiger partial charge in [-0.2, -0.15) is 0 Å². The van der Waals surface area contributed by atoms with Gasteiger partial charge in [0, 0.05) is 0 Å². The topological polar surface area (TPSA) is 234 Å². The lowest BCUT2D eigenvalue weighted by Gasteiger charge is -2.24. The molecule has 4 atom stereocenters. The lowest BCUT2D eigenvalue weighted by molar-refractivity contribution is -0.144. The molecule has 10 N–H and O–H groups in total. The number of hydrogen-bond acceptors (Lipinski definition) is 8. The van der Waals surface area contributed by atoms with Crippen LogP contribution in [0.4, 0.5) is 0 Å². The predicted molar refractivity (Wildman–Crippen MR) is 99.3 cm³/mol. The highest BCUT2D eigenvalue weighted by atomic mass is 16.4. The van der Waals surface area contributed by atoms with Gasteiger partial charge in [-0.3, -0.25) is 19.2 Å². The highest BCUT2D eigenvalue weighted by Crippen LogP contribution is 2.04. The van der Waals surface area contributed by atoms with Gasteiger partial charge < -0.3 is 42.7 Å². The highest BCUT2D eigenvalue weighted by Gasteiger charge is 2.30. The van der Waals surface area contributed by atoms with Gasteiger partial charge in [0.15, 0.2) is 0 Å². The molecule has 0 aliphatic carbocycles. The zero-order valence-corrected chi connectivity index (χ0v) is 16.1. The summed E-state index contributed by atoms with van der Waals surface area (Å²) in [6, 6.07) is -5.30. The number of carboxylic acid groups (broad SMARTS) is 2. The van der Waals surface area contributed by atoms with Crippen molar-refractivity contribution in [1.82, 2.24) is 16.0 Å². The van der Waals surface area contributed by atoms with E-state index in [2.05, 4.69) is 10.6 Å². The van der Waals surface area contributed by atoms with Gasteiger partial charge in [0.05, 0.1) is 19.1 Å². The second-order valence-electron chi connectivity index (χ2n) is 6.38. The number of rotatable bonds is 14. The Morgan fingerprint density at radius 3 is 1.83 bits per heavy atom. The summed E-state index contributed by atoms with van der Waals surface area (Å²) in [4.78, 5) is 58.6. The van der Waals surface area contributed by atoms with E-state index in [-0.39, 0.29) is 6.42 Å². The number of hydrogen-bond donors (Lipinski definition) is 8. The van der Waals surface area contributed by atoms with Crippen LogP contribution in [0, 0.1) is 0 Å². The molecule has 0 rings (SSSR count). The van der Waals surface area contributed by atoms with Crippen molar-refractivity contribution in [2.45, 2.75) is 56.8 Å². The van der Waals surface area contributed by atoms with Gasteiger partial charge in [0.1, 0.15) is 18.1 Å². The second kappa shape index (κ2) is 13.4. The molecule has 3 amide bonds. The summed E-state index contributed by atoms with van der Waals surface area (Å²) in [5, 5.41) is 33.4. The molecule has 0 radical (unpaired) electrons. The van der Waals surface area contributed by atoms with Gasteiger partial charge in [-0.25, -0.2) is 4.79 Å². The number of nitrogens with two attached hydrogens (primary N) is 2. The largest absolute Gasteiger partial charge is 0.481 e. The molecule has 0 heterocycles. The first-order valence-electron chi connectivity index (χ1n) is 8.95. The summed E-state index contributed by atoms with van der Waals surface area (Å²) in [5.74, 6) is -5.54. The zero-order valence-electron chi connectivity index (χ0n) is 16.1. The standard InChI is InChI=1S/C16H29N5O8/c1-8(18)13(25)19-9(4-2-3-5-17)14(26)20-10(6-12(23)24)15(27)21-11(7-22)16(28)29/h8-11,22H,2-7,17-18H2,1H3,(H,19,25)(H,20,26)(H,21,27)(H,23,24)(H,28,29). The molecule has 0 aliphatic heterocycles. The smallest absolute Gasteiger partial charge is 0.328 e. The minimum atomic E-state index is -1.67. The molecule has 0 aliphatic rings. The fourth-order valence-electron chi connectivity index (χ4n) is 2.18. The van der Waals surface area contributed by atoms with Crippen molar-refractivity contribution in [3.05, 3.63) is 0 Å². The van der Waals surface area contributed by atoms with Crippen LogP contribution in [0.1, 0.15) is 32.6 Å². The van der Waals surface area contributed by atoms with Crippen molar-refractivity contribution in [3.63, 3.8) is 0 Å². The minimum absolute atomic E-state index is 0.164. The van der Waals surface area contributed by atoms with E-state index in [1.165, 1.54) is 6.92 Å². The molecule has 0 aromatic heterocycles. The van der Waals surface area contributed by atoms with Crippen molar-refractivity contribution in [3.8, 4) is 0 Å². The summed E-state index contributed by atoms with van der Waals surface area (Å²) < 4.78 is 0. The molecule has 0 fully saturated rings. The number of nitrogens with one attached hydrogen (secondary N) is 3. The highest BCUT2D eigenvalue weighted by molar-refractivity contribution is 5.95. The van der Waals surface area contributed by atoms with Crippen LogP contribution >= 0.6 is 0 Å². The van der Waals surface area contributed by atoms with Crippen LogP contribution in [-0.2, 0) is 24.0 Å². The Balaban J connectivity index is 5.32. The fourth-order valence-corrected chi connectivity index (χ4v) is 2.18. The maximum Gasteiger partial charge on any atom is 0.328 e. The van der Waals surface area contributed by atoms with E-state index >= 15 is 0 Å². The monoisotopic (exact) mass is 419 g/mol. The summed E-state index contributed by atoms with van der Waals surface area (Å²) >= 11 is 0. The van der Waals surface area contributed by atoms with Gasteiger partial charge in [-0.15, -0.1) is 0 Å². The number of unbranched alkanes of at least 4 members (excludes halogenated alkanes) is 1. The fraction of sp³-hybridized carbons (Fsp3) is 0.688. The molecule has 0 spiro atoms. The van der Waals surface area contributed by atoms with Crippen LogP contribution in [0.15, 0.2) is 0 Å². The third kappa shape index (κ3) is 10.4. The minimum Gasteiger partial charge on any atom is -0.481 e.